The molecule has 0 spiro atoms. The molecule has 0 aliphatic rings. The Hall–Kier alpha value is -2.16. The average molecular weight is 265 g/mol. The lowest BCUT2D eigenvalue weighted by molar-refractivity contribution is 0.863. The zero-order valence-electron chi connectivity index (χ0n) is 12.4. The van der Waals surface area contributed by atoms with Crippen LogP contribution in [0.15, 0.2) is 36.8 Å². The second-order valence-electron chi connectivity index (χ2n) is 5.65. The summed E-state index contributed by atoms with van der Waals surface area (Å²) in [5, 5.41) is 1.20. The van der Waals surface area contributed by atoms with Gasteiger partial charge in [0.1, 0.15) is 5.65 Å². The molecule has 0 amide bonds. The fraction of sp³-hybridized carbons (Fsp3) is 0.294. The molecule has 0 saturated heterocycles. The zero-order valence-corrected chi connectivity index (χ0v) is 12.4. The second-order valence-corrected chi connectivity index (χ2v) is 5.65. The molecular weight excluding hydrogens is 246 g/mol. The molecule has 0 unspecified atom stereocenters. The van der Waals surface area contributed by atoms with E-state index in [1.54, 1.807) is 0 Å². The highest BCUT2D eigenvalue weighted by molar-refractivity contribution is 5.84. The third-order valence-electron chi connectivity index (χ3n) is 3.76. The molecule has 0 aliphatic heterocycles. The van der Waals surface area contributed by atoms with Crippen molar-refractivity contribution in [1.82, 2.24) is 14.5 Å². The van der Waals surface area contributed by atoms with Crippen LogP contribution in [0.5, 0.6) is 0 Å². The Morgan fingerprint density at radius 1 is 1.15 bits per heavy atom. The highest BCUT2D eigenvalue weighted by atomic mass is 15.0. The highest BCUT2D eigenvalue weighted by Crippen LogP contribution is 2.26. The molecule has 3 heteroatoms. The van der Waals surface area contributed by atoms with Gasteiger partial charge in [-0.15, -0.1) is 0 Å². The molecular formula is C17H19N3. The van der Waals surface area contributed by atoms with Crippen molar-refractivity contribution >= 4 is 11.0 Å². The second kappa shape index (κ2) is 4.75. The van der Waals surface area contributed by atoms with Crippen molar-refractivity contribution in [2.45, 2.75) is 26.7 Å². The Morgan fingerprint density at radius 3 is 2.70 bits per heavy atom. The van der Waals surface area contributed by atoms with E-state index in [2.05, 4.69) is 59.7 Å². The topological polar surface area (TPSA) is 30.7 Å². The van der Waals surface area contributed by atoms with Crippen LogP contribution in [0.25, 0.3) is 22.3 Å². The van der Waals surface area contributed by atoms with Crippen LogP contribution in [0, 0.1) is 6.92 Å². The van der Waals surface area contributed by atoms with E-state index in [-0.39, 0.29) is 0 Å². The molecule has 0 aliphatic carbocycles. The van der Waals surface area contributed by atoms with E-state index < -0.39 is 0 Å². The van der Waals surface area contributed by atoms with Gasteiger partial charge in [0.05, 0.1) is 5.69 Å². The van der Waals surface area contributed by atoms with Crippen LogP contribution < -0.4 is 0 Å². The van der Waals surface area contributed by atoms with Crippen LogP contribution in [0.4, 0.5) is 0 Å². The lowest BCUT2D eigenvalue weighted by Gasteiger charge is -2.07. The summed E-state index contributed by atoms with van der Waals surface area (Å²) in [4.78, 5) is 9.06. The van der Waals surface area contributed by atoms with Crippen molar-refractivity contribution in [3.8, 4) is 11.3 Å². The van der Waals surface area contributed by atoms with Crippen molar-refractivity contribution in [3.05, 3.63) is 47.9 Å². The maximum absolute atomic E-state index is 4.58. The number of aromatic nitrogens is 3. The highest BCUT2D eigenvalue weighted by Gasteiger charge is 2.08. The van der Waals surface area contributed by atoms with Gasteiger partial charge in [-0.25, -0.2) is 4.98 Å². The van der Waals surface area contributed by atoms with E-state index >= 15 is 0 Å². The summed E-state index contributed by atoms with van der Waals surface area (Å²) in [7, 11) is 2.03. The standard InChI is InChI=1S/C17H19N3/c1-11(2)13-5-6-18-16(8-13)14-7-15-12(3)10-20(4)17(15)19-9-14/h5-11H,1-4H3. The quantitative estimate of drug-likeness (QED) is 0.699. The molecule has 3 nitrogen and oxygen atoms in total. The van der Waals surface area contributed by atoms with Gasteiger partial charge in [0.2, 0.25) is 0 Å². The summed E-state index contributed by atoms with van der Waals surface area (Å²) in [6, 6.07) is 6.42. The summed E-state index contributed by atoms with van der Waals surface area (Å²) in [5.41, 5.74) is 5.64. The van der Waals surface area contributed by atoms with E-state index in [4.69, 9.17) is 0 Å². The first-order valence-electron chi connectivity index (χ1n) is 6.94. The minimum absolute atomic E-state index is 0.506. The molecule has 0 N–H and O–H groups in total. The predicted molar refractivity (Wildman–Crippen MR) is 82.8 cm³/mol. The molecule has 0 fully saturated rings. The van der Waals surface area contributed by atoms with Gasteiger partial charge in [0.15, 0.2) is 0 Å². The molecule has 3 aromatic heterocycles. The smallest absolute Gasteiger partial charge is 0.139 e. The number of hydrogen-bond donors (Lipinski definition) is 0. The predicted octanol–water partition coefficient (Wildman–Crippen LogP) is 4.07. The van der Waals surface area contributed by atoms with E-state index in [9.17, 15) is 0 Å². The summed E-state index contributed by atoms with van der Waals surface area (Å²) >= 11 is 0. The molecule has 0 radical (unpaired) electrons. The molecule has 0 aromatic carbocycles. The van der Waals surface area contributed by atoms with Gasteiger partial charge in [-0.2, -0.15) is 0 Å². The van der Waals surface area contributed by atoms with Crippen LogP contribution in [0.3, 0.4) is 0 Å². The first-order chi connectivity index (χ1) is 9.56. The Kier molecular flexibility index (Phi) is 3.05. The van der Waals surface area contributed by atoms with Gasteiger partial charge >= 0.3 is 0 Å². The number of rotatable bonds is 2. The average Bonchev–Trinajstić information content (AvgIpc) is 2.74. The van der Waals surface area contributed by atoms with Crippen LogP contribution in [-0.4, -0.2) is 14.5 Å². The first-order valence-corrected chi connectivity index (χ1v) is 6.94. The number of hydrogen-bond acceptors (Lipinski definition) is 2. The van der Waals surface area contributed by atoms with E-state index in [0.29, 0.717) is 5.92 Å². The zero-order chi connectivity index (χ0) is 14.3. The Balaban J connectivity index is 2.14. The number of fused-ring (bicyclic) bond motifs is 1. The monoisotopic (exact) mass is 265 g/mol. The van der Waals surface area contributed by atoms with Gasteiger partial charge < -0.3 is 4.57 Å². The third-order valence-corrected chi connectivity index (χ3v) is 3.76. The summed E-state index contributed by atoms with van der Waals surface area (Å²) < 4.78 is 2.06. The van der Waals surface area contributed by atoms with Crippen LogP contribution >= 0.6 is 0 Å². The molecule has 0 atom stereocenters. The first kappa shape index (κ1) is 12.9. The van der Waals surface area contributed by atoms with Crippen molar-refractivity contribution in [2.24, 2.45) is 7.05 Å². The molecule has 3 rings (SSSR count). The van der Waals surface area contributed by atoms with Gasteiger partial charge in [-0.1, -0.05) is 13.8 Å². The summed E-state index contributed by atoms with van der Waals surface area (Å²) in [5.74, 6) is 0.506. The van der Waals surface area contributed by atoms with Gasteiger partial charge in [0.25, 0.3) is 0 Å². The minimum atomic E-state index is 0.506. The maximum atomic E-state index is 4.58. The molecule has 0 bridgehead atoms. The van der Waals surface area contributed by atoms with Gasteiger partial charge in [-0.3, -0.25) is 4.98 Å². The SMILES string of the molecule is Cc1cn(C)c2ncc(-c3cc(C(C)C)ccn3)cc12. The third kappa shape index (κ3) is 2.09. The van der Waals surface area contributed by atoms with Gasteiger partial charge in [-0.05, 0) is 42.2 Å². The van der Waals surface area contributed by atoms with E-state index in [1.807, 2.05) is 19.4 Å². The molecule has 20 heavy (non-hydrogen) atoms. The molecule has 102 valence electrons. The van der Waals surface area contributed by atoms with E-state index in [0.717, 1.165) is 16.9 Å². The van der Waals surface area contributed by atoms with Crippen molar-refractivity contribution in [3.63, 3.8) is 0 Å². The minimum Gasteiger partial charge on any atom is -0.335 e. The number of pyridine rings is 2. The lowest BCUT2D eigenvalue weighted by atomic mass is 10.0. The maximum Gasteiger partial charge on any atom is 0.139 e. The van der Waals surface area contributed by atoms with Crippen LogP contribution in [0.1, 0.15) is 30.9 Å². The summed E-state index contributed by atoms with van der Waals surface area (Å²) in [6.45, 7) is 6.51. The number of aryl methyl sites for hydroxylation is 2. The summed E-state index contributed by atoms with van der Waals surface area (Å²) in [6.07, 6.45) is 5.90. The van der Waals surface area contributed by atoms with Crippen LogP contribution in [-0.2, 0) is 7.05 Å². The largest absolute Gasteiger partial charge is 0.335 e. The fourth-order valence-electron chi connectivity index (χ4n) is 2.55. The van der Waals surface area contributed by atoms with Crippen LogP contribution in [0.2, 0.25) is 0 Å². The molecule has 3 aromatic rings. The molecule has 3 heterocycles. The Labute approximate surface area is 119 Å². The Morgan fingerprint density at radius 2 is 1.95 bits per heavy atom. The normalized spacial score (nSPS) is 11.4. The molecule has 0 saturated carbocycles. The van der Waals surface area contributed by atoms with Crippen molar-refractivity contribution in [1.29, 1.82) is 0 Å². The van der Waals surface area contributed by atoms with Gasteiger partial charge in [0, 0.05) is 36.6 Å². The lowest BCUT2D eigenvalue weighted by Crippen LogP contribution is -1.92. The Bertz CT molecular complexity index is 769. The fourth-order valence-corrected chi connectivity index (χ4v) is 2.55. The van der Waals surface area contributed by atoms with Crippen molar-refractivity contribution in [2.75, 3.05) is 0 Å². The van der Waals surface area contributed by atoms with E-state index in [1.165, 1.54) is 16.5 Å². The van der Waals surface area contributed by atoms with Crippen molar-refractivity contribution < 1.29 is 0 Å². The number of nitrogens with zero attached hydrogens (tertiary/aromatic N) is 3.